The molecule has 3 aromatic carbocycles. The number of benzene rings is 3. The second-order valence-corrected chi connectivity index (χ2v) is 12.0. The van der Waals surface area contributed by atoms with Gasteiger partial charge in [0, 0.05) is 60.6 Å². The Balaban J connectivity index is 1.36. The normalized spacial score (nSPS) is 17.3. The van der Waals surface area contributed by atoms with Gasteiger partial charge in [0.2, 0.25) is 11.8 Å². The number of hydrogen-bond acceptors (Lipinski definition) is 5. The SMILES string of the molecule is C[C@H](CO)N1C[C@H](C)[C@@H](CN(C)C(=O)Nc2ccc(F)cc2)Oc2ccc(NC(=O)Cc3cn(C)c4ccccc34)cc2CC1=O. The zero-order valence-electron chi connectivity index (χ0n) is 26.5. The number of likely N-dealkylation sites (N-methyl/N-ethyl adjacent to an activating group) is 1. The van der Waals surface area contributed by atoms with Crippen molar-refractivity contribution in [3.8, 4) is 5.75 Å². The minimum Gasteiger partial charge on any atom is -0.488 e. The highest BCUT2D eigenvalue weighted by atomic mass is 19.1. The standard InChI is InChI=1S/C35H40FN5O5/c1-22-18-41(23(2)21-42)34(44)17-24-15-28(37-33(43)16-25-19-39(3)30-8-6-5-7-29(25)30)13-14-31(24)46-32(22)20-40(4)35(45)38-27-11-9-26(36)10-12-27/h5-15,19,22-23,32,42H,16-18,20-21H2,1-4H3,(H,37,43)(H,38,45)/t22-,23+,32+/m0/s1. The minimum atomic E-state index is -0.520. The first-order valence-electron chi connectivity index (χ1n) is 15.3. The van der Waals surface area contributed by atoms with E-state index in [1.165, 1.54) is 29.2 Å². The number of anilines is 2. The van der Waals surface area contributed by atoms with Crippen LogP contribution in [0.25, 0.3) is 10.9 Å². The number of rotatable bonds is 8. The molecule has 3 N–H and O–H groups in total. The molecule has 4 aromatic rings. The molecule has 0 aliphatic carbocycles. The number of aliphatic hydroxyl groups excluding tert-OH is 1. The summed E-state index contributed by atoms with van der Waals surface area (Å²) >= 11 is 0. The van der Waals surface area contributed by atoms with Crippen LogP contribution in [0, 0.1) is 11.7 Å². The first-order valence-corrected chi connectivity index (χ1v) is 15.3. The average Bonchev–Trinajstić information content (AvgIpc) is 3.36. The molecule has 3 atom stereocenters. The number of aliphatic hydroxyl groups is 1. The summed E-state index contributed by atoms with van der Waals surface area (Å²) in [5.74, 6) is -0.516. The number of carbonyl (C=O) groups is 3. The van der Waals surface area contributed by atoms with Gasteiger partial charge in [-0.3, -0.25) is 9.59 Å². The van der Waals surface area contributed by atoms with E-state index in [1.807, 2.05) is 49.0 Å². The van der Waals surface area contributed by atoms with Gasteiger partial charge in [0.1, 0.15) is 17.7 Å². The van der Waals surface area contributed by atoms with E-state index < -0.39 is 24.0 Å². The number of urea groups is 1. The van der Waals surface area contributed by atoms with Crippen LogP contribution in [0.1, 0.15) is 25.0 Å². The molecule has 11 heteroatoms. The second-order valence-electron chi connectivity index (χ2n) is 12.0. The van der Waals surface area contributed by atoms with Crippen LogP contribution >= 0.6 is 0 Å². The molecular weight excluding hydrogens is 589 g/mol. The summed E-state index contributed by atoms with van der Waals surface area (Å²) in [4.78, 5) is 42.8. The third kappa shape index (κ3) is 7.48. The Hall–Kier alpha value is -4.90. The van der Waals surface area contributed by atoms with E-state index in [2.05, 4.69) is 10.6 Å². The monoisotopic (exact) mass is 629 g/mol. The summed E-state index contributed by atoms with van der Waals surface area (Å²) in [5, 5.41) is 16.7. The number of carbonyl (C=O) groups excluding carboxylic acids is 3. The highest BCUT2D eigenvalue weighted by molar-refractivity contribution is 5.96. The van der Waals surface area contributed by atoms with Crippen LogP contribution in [0.5, 0.6) is 5.75 Å². The fourth-order valence-electron chi connectivity index (χ4n) is 5.77. The van der Waals surface area contributed by atoms with Gasteiger partial charge in [-0.2, -0.15) is 0 Å². The van der Waals surface area contributed by atoms with Crippen molar-refractivity contribution < 1.29 is 28.6 Å². The quantitative estimate of drug-likeness (QED) is 0.259. The van der Waals surface area contributed by atoms with Gasteiger partial charge in [-0.15, -0.1) is 0 Å². The largest absolute Gasteiger partial charge is 0.488 e. The number of nitrogens with zero attached hydrogens (tertiary/aromatic N) is 3. The van der Waals surface area contributed by atoms with E-state index in [-0.39, 0.29) is 43.7 Å². The van der Waals surface area contributed by atoms with E-state index in [1.54, 1.807) is 37.1 Å². The van der Waals surface area contributed by atoms with E-state index in [4.69, 9.17) is 4.74 Å². The Labute approximate surface area is 267 Å². The van der Waals surface area contributed by atoms with E-state index in [0.29, 0.717) is 29.2 Å². The Morgan fingerprint density at radius 1 is 1.09 bits per heavy atom. The van der Waals surface area contributed by atoms with Crippen LogP contribution in [0.2, 0.25) is 0 Å². The van der Waals surface area contributed by atoms with Crippen molar-refractivity contribution in [2.45, 2.75) is 38.8 Å². The zero-order valence-corrected chi connectivity index (χ0v) is 26.5. The first-order chi connectivity index (χ1) is 22.0. The average molecular weight is 630 g/mol. The van der Waals surface area contributed by atoms with Gasteiger partial charge in [0.05, 0.1) is 32.0 Å². The van der Waals surface area contributed by atoms with Gasteiger partial charge in [0.15, 0.2) is 0 Å². The summed E-state index contributed by atoms with van der Waals surface area (Å²) in [6.45, 7) is 4.01. The van der Waals surface area contributed by atoms with Crippen LogP contribution in [0.4, 0.5) is 20.6 Å². The van der Waals surface area contributed by atoms with Crippen LogP contribution in [-0.2, 0) is 29.5 Å². The van der Waals surface area contributed by atoms with Crippen LogP contribution in [0.3, 0.4) is 0 Å². The molecule has 1 aliphatic rings. The van der Waals surface area contributed by atoms with Crippen molar-refractivity contribution in [3.05, 3.63) is 89.9 Å². The smallest absolute Gasteiger partial charge is 0.321 e. The molecule has 0 saturated heterocycles. The van der Waals surface area contributed by atoms with Gasteiger partial charge in [-0.1, -0.05) is 25.1 Å². The maximum atomic E-state index is 13.6. The third-order valence-corrected chi connectivity index (χ3v) is 8.43. The molecule has 5 rings (SSSR count). The van der Waals surface area contributed by atoms with Crippen molar-refractivity contribution >= 4 is 40.1 Å². The Morgan fingerprint density at radius 3 is 2.54 bits per heavy atom. The molecule has 10 nitrogen and oxygen atoms in total. The minimum absolute atomic E-state index is 0.00698. The highest BCUT2D eigenvalue weighted by Crippen LogP contribution is 2.30. The molecule has 0 unspecified atom stereocenters. The number of hydrogen-bond donors (Lipinski definition) is 3. The van der Waals surface area contributed by atoms with Gasteiger partial charge >= 0.3 is 6.03 Å². The van der Waals surface area contributed by atoms with Gasteiger partial charge in [-0.25, -0.2) is 9.18 Å². The number of aryl methyl sites for hydroxylation is 1. The number of para-hydroxylation sites is 1. The fourth-order valence-corrected chi connectivity index (χ4v) is 5.77. The van der Waals surface area contributed by atoms with E-state index in [0.717, 1.165) is 16.5 Å². The lowest BCUT2D eigenvalue weighted by Crippen LogP contribution is -2.48. The number of halogens is 1. The maximum Gasteiger partial charge on any atom is 0.321 e. The van der Waals surface area contributed by atoms with Crippen LogP contribution < -0.4 is 15.4 Å². The second kappa shape index (κ2) is 14.0. The maximum absolute atomic E-state index is 13.6. The Kier molecular flexibility index (Phi) is 9.91. The third-order valence-electron chi connectivity index (χ3n) is 8.43. The Bertz CT molecular complexity index is 1720. The Morgan fingerprint density at radius 2 is 1.80 bits per heavy atom. The number of nitrogens with one attached hydrogen (secondary N) is 2. The van der Waals surface area contributed by atoms with Crippen LogP contribution in [-0.4, -0.2) is 76.2 Å². The lowest BCUT2D eigenvalue weighted by Gasteiger charge is -2.34. The summed E-state index contributed by atoms with van der Waals surface area (Å²) in [6.07, 6.45) is 1.62. The molecule has 0 spiro atoms. The van der Waals surface area contributed by atoms with Crippen molar-refractivity contribution in [1.82, 2.24) is 14.4 Å². The molecule has 1 aromatic heterocycles. The molecule has 0 bridgehead atoms. The number of aromatic nitrogens is 1. The molecule has 46 heavy (non-hydrogen) atoms. The molecule has 2 heterocycles. The van der Waals surface area contributed by atoms with E-state index in [9.17, 15) is 23.9 Å². The fraction of sp³-hybridized carbons (Fsp3) is 0.343. The van der Waals surface area contributed by atoms with Crippen LogP contribution in [0.15, 0.2) is 72.9 Å². The highest BCUT2D eigenvalue weighted by Gasteiger charge is 2.32. The van der Waals surface area contributed by atoms with Gasteiger partial charge < -0.3 is 34.8 Å². The van der Waals surface area contributed by atoms with Crippen molar-refractivity contribution in [3.63, 3.8) is 0 Å². The van der Waals surface area contributed by atoms with Crippen molar-refractivity contribution in [1.29, 1.82) is 0 Å². The predicted octanol–water partition coefficient (Wildman–Crippen LogP) is 4.81. The molecule has 1 aliphatic heterocycles. The lowest BCUT2D eigenvalue weighted by atomic mass is 10.0. The molecule has 0 saturated carbocycles. The van der Waals surface area contributed by atoms with E-state index >= 15 is 0 Å². The summed E-state index contributed by atoms with van der Waals surface area (Å²) in [5.41, 5.74) is 3.52. The van der Waals surface area contributed by atoms with Gasteiger partial charge in [-0.05, 0) is 61.0 Å². The molecular formula is C35H40FN5O5. The first kappa shape index (κ1) is 32.5. The molecule has 4 amide bonds. The van der Waals surface area contributed by atoms with Crippen molar-refractivity contribution in [2.75, 3.05) is 37.4 Å². The molecule has 0 fully saturated rings. The molecule has 0 radical (unpaired) electrons. The zero-order chi connectivity index (χ0) is 33.0. The number of amides is 4. The summed E-state index contributed by atoms with van der Waals surface area (Å²) in [7, 11) is 3.58. The lowest BCUT2D eigenvalue weighted by molar-refractivity contribution is -0.134. The summed E-state index contributed by atoms with van der Waals surface area (Å²) < 4.78 is 21.8. The van der Waals surface area contributed by atoms with Gasteiger partial charge in [0.25, 0.3) is 0 Å². The molecule has 242 valence electrons. The predicted molar refractivity (Wildman–Crippen MR) is 175 cm³/mol. The van der Waals surface area contributed by atoms with Crippen molar-refractivity contribution in [2.24, 2.45) is 13.0 Å². The topological polar surface area (TPSA) is 116 Å². The number of fused-ring (bicyclic) bond motifs is 2. The summed E-state index contributed by atoms with van der Waals surface area (Å²) in [6, 6.07) is 17.8. The number of ether oxygens (including phenoxy) is 1.